The monoisotopic (exact) mass is 290 g/mol. The first-order valence-electron chi connectivity index (χ1n) is 6.23. The Labute approximate surface area is 115 Å². The van der Waals surface area contributed by atoms with E-state index in [1.54, 1.807) is 0 Å². The Morgan fingerprint density at radius 3 is 2.60 bits per heavy atom. The molecule has 0 aromatic carbocycles. The van der Waals surface area contributed by atoms with Gasteiger partial charge in [0.05, 0.1) is 11.7 Å². The van der Waals surface area contributed by atoms with E-state index in [0.717, 1.165) is 18.3 Å². The zero-order valence-electron chi connectivity index (χ0n) is 11.3. The molecule has 0 unspecified atom stereocenters. The van der Waals surface area contributed by atoms with Crippen molar-refractivity contribution in [1.29, 1.82) is 0 Å². The fourth-order valence-electron chi connectivity index (χ4n) is 1.39. The minimum atomic E-state index is -4.50. The van der Waals surface area contributed by atoms with Crippen LogP contribution in [0.25, 0.3) is 0 Å². The summed E-state index contributed by atoms with van der Waals surface area (Å²) in [6, 6.07) is 1.90. The van der Waals surface area contributed by atoms with Gasteiger partial charge in [0.1, 0.15) is 5.69 Å². The molecule has 1 N–H and O–H groups in total. The molecule has 1 heterocycles. The van der Waals surface area contributed by atoms with Gasteiger partial charge in [-0.2, -0.15) is 13.2 Å². The number of pyridine rings is 1. The highest BCUT2D eigenvalue weighted by atomic mass is 19.4. The normalized spacial score (nSPS) is 11.7. The van der Waals surface area contributed by atoms with Crippen molar-refractivity contribution < 1.29 is 22.7 Å². The number of amides is 1. The molecule has 0 fully saturated rings. The zero-order valence-corrected chi connectivity index (χ0v) is 11.3. The molecule has 1 amide bonds. The van der Waals surface area contributed by atoms with Gasteiger partial charge < -0.3 is 10.1 Å². The van der Waals surface area contributed by atoms with Gasteiger partial charge in [-0.05, 0) is 32.4 Å². The Bertz CT molecular complexity index is 430. The predicted octanol–water partition coefficient (Wildman–Crippen LogP) is 2.65. The highest BCUT2D eigenvalue weighted by molar-refractivity contribution is 5.93. The number of halogens is 3. The van der Waals surface area contributed by atoms with E-state index in [4.69, 9.17) is 4.74 Å². The van der Waals surface area contributed by atoms with Crippen LogP contribution >= 0.6 is 0 Å². The van der Waals surface area contributed by atoms with Crippen molar-refractivity contribution in [1.82, 2.24) is 10.3 Å². The van der Waals surface area contributed by atoms with Crippen molar-refractivity contribution in [3.05, 3.63) is 29.6 Å². The topological polar surface area (TPSA) is 51.2 Å². The second-order valence-corrected chi connectivity index (χ2v) is 4.46. The lowest BCUT2D eigenvalue weighted by atomic mass is 10.2. The maximum atomic E-state index is 12.3. The quantitative estimate of drug-likeness (QED) is 0.819. The summed E-state index contributed by atoms with van der Waals surface area (Å²) in [5.41, 5.74) is -0.915. The van der Waals surface area contributed by atoms with Gasteiger partial charge in [0.25, 0.3) is 5.91 Å². The van der Waals surface area contributed by atoms with Crippen LogP contribution in [0.1, 0.15) is 36.3 Å². The third kappa shape index (κ3) is 5.56. The SMILES string of the molecule is CC(C)OCCCNC(=O)c1ccc(C(F)(F)F)nc1. The van der Waals surface area contributed by atoms with E-state index < -0.39 is 17.8 Å². The summed E-state index contributed by atoms with van der Waals surface area (Å²) in [5.74, 6) is -0.448. The number of alkyl halides is 3. The largest absolute Gasteiger partial charge is 0.433 e. The van der Waals surface area contributed by atoms with Gasteiger partial charge in [-0.25, -0.2) is 0 Å². The van der Waals surface area contributed by atoms with E-state index in [2.05, 4.69) is 10.3 Å². The van der Waals surface area contributed by atoms with Crippen LogP contribution in [-0.2, 0) is 10.9 Å². The molecule has 1 aromatic rings. The van der Waals surface area contributed by atoms with Crippen LogP contribution in [0.4, 0.5) is 13.2 Å². The Morgan fingerprint density at radius 1 is 1.40 bits per heavy atom. The van der Waals surface area contributed by atoms with Gasteiger partial charge in [-0.15, -0.1) is 0 Å². The van der Waals surface area contributed by atoms with Crippen LogP contribution in [0.15, 0.2) is 18.3 Å². The van der Waals surface area contributed by atoms with Crippen LogP contribution in [-0.4, -0.2) is 30.1 Å². The lowest BCUT2D eigenvalue weighted by Gasteiger charge is -2.09. The Kier molecular flexibility index (Phi) is 5.94. The molecule has 20 heavy (non-hydrogen) atoms. The first-order chi connectivity index (χ1) is 9.30. The fourth-order valence-corrected chi connectivity index (χ4v) is 1.39. The summed E-state index contributed by atoms with van der Waals surface area (Å²) in [6.45, 7) is 4.73. The smallest absolute Gasteiger partial charge is 0.379 e. The molecule has 0 radical (unpaired) electrons. The summed E-state index contributed by atoms with van der Waals surface area (Å²) in [7, 11) is 0. The van der Waals surface area contributed by atoms with E-state index in [1.807, 2.05) is 13.8 Å². The van der Waals surface area contributed by atoms with Crippen molar-refractivity contribution in [2.45, 2.75) is 32.5 Å². The van der Waals surface area contributed by atoms with Gasteiger partial charge in [-0.1, -0.05) is 0 Å². The fraction of sp³-hybridized carbons (Fsp3) is 0.538. The van der Waals surface area contributed by atoms with E-state index in [0.29, 0.717) is 19.6 Å². The third-order valence-electron chi connectivity index (χ3n) is 2.37. The summed E-state index contributed by atoms with van der Waals surface area (Å²) in [6.07, 6.45) is -2.81. The second-order valence-electron chi connectivity index (χ2n) is 4.46. The number of hydrogen-bond donors (Lipinski definition) is 1. The lowest BCUT2D eigenvalue weighted by Crippen LogP contribution is -2.26. The molecular formula is C13H17F3N2O2. The number of rotatable bonds is 6. The number of ether oxygens (including phenoxy) is 1. The van der Waals surface area contributed by atoms with E-state index in [9.17, 15) is 18.0 Å². The summed E-state index contributed by atoms with van der Waals surface area (Å²) >= 11 is 0. The maximum Gasteiger partial charge on any atom is 0.433 e. The average molecular weight is 290 g/mol. The van der Waals surface area contributed by atoms with E-state index in [1.165, 1.54) is 0 Å². The molecule has 1 aromatic heterocycles. The van der Waals surface area contributed by atoms with Gasteiger partial charge in [0.2, 0.25) is 0 Å². The highest BCUT2D eigenvalue weighted by Gasteiger charge is 2.32. The molecule has 1 rings (SSSR count). The molecule has 0 aliphatic carbocycles. The van der Waals surface area contributed by atoms with Crippen LogP contribution in [0, 0.1) is 0 Å². The zero-order chi connectivity index (χ0) is 15.2. The first kappa shape index (κ1) is 16.4. The molecule has 0 aliphatic rings. The molecular weight excluding hydrogens is 273 g/mol. The predicted molar refractivity (Wildman–Crippen MR) is 67.3 cm³/mol. The average Bonchev–Trinajstić information content (AvgIpc) is 2.37. The molecule has 112 valence electrons. The van der Waals surface area contributed by atoms with E-state index >= 15 is 0 Å². The van der Waals surface area contributed by atoms with Crippen LogP contribution < -0.4 is 5.32 Å². The summed E-state index contributed by atoms with van der Waals surface area (Å²) in [5, 5.41) is 2.59. The Hall–Kier alpha value is -1.63. The van der Waals surface area contributed by atoms with Crippen molar-refractivity contribution in [2.24, 2.45) is 0 Å². The minimum Gasteiger partial charge on any atom is -0.379 e. The van der Waals surface area contributed by atoms with Gasteiger partial charge in [0.15, 0.2) is 0 Å². The van der Waals surface area contributed by atoms with Crippen LogP contribution in [0.2, 0.25) is 0 Å². The maximum absolute atomic E-state index is 12.3. The minimum absolute atomic E-state index is 0.0998. The summed E-state index contributed by atoms with van der Waals surface area (Å²) < 4.78 is 42.2. The van der Waals surface area contributed by atoms with Crippen molar-refractivity contribution in [3.63, 3.8) is 0 Å². The Balaban J connectivity index is 2.40. The van der Waals surface area contributed by atoms with Crippen molar-refractivity contribution >= 4 is 5.91 Å². The Morgan fingerprint density at radius 2 is 2.10 bits per heavy atom. The molecule has 0 atom stereocenters. The molecule has 4 nitrogen and oxygen atoms in total. The standard InChI is InChI=1S/C13H17F3N2O2/c1-9(2)20-7-3-6-17-12(19)10-4-5-11(18-8-10)13(14,15)16/h4-5,8-9H,3,6-7H2,1-2H3,(H,17,19). The number of nitrogens with zero attached hydrogens (tertiary/aromatic N) is 1. The third-order valence-corrected chi connectivity index (χ3v) is 2.37. The number of hydrogen-bond acceptors (Lipinski definition) is 3. The van der Waals surface area contributed by atoms with Gasteiger partial charge >= 0.3 is 6.18 Å². The van der Waals surface area contributed by atoms with Gasteiger partial charge in [-0.3, -0.25) is 9.78 Å². The first-order valence-corrected chi connectivity index (χ1v) is 6.23. The van der Waals surface area contributed by atoms with E-state index in [-0.39, 0.29) is 11.7 Å². The van der Waals surface area contributed by atoms with Crippen LogP contribution in [0.5, 0.6) is 0 Å². The molecule has 0 bridgehead atoms. The number of carbonyl (C=O) groups is 1. The second kappa shape index (κ2) is 7.23. The molecule has 0 spiro atoms. The highest BCUT2D eigenvalue weighted by Crippen LogP contribution is 2.27. The van der Waals surface area contributed by atoms with Crippen LogP contribution in [0.3, 0.4) is 0 Å². The number of nitrogens with one attached hydrogen (secondary N) is 1. The van der Waals surface area contributed by atoms with Crippen molar-refractivity contribution in [3.8, 4) is 0 Å². The number of aromatic nitrogens is 1. The summed E-state index contributed by atoms with van der Waals surface area (Å²) in [4.78, 5) is 14.9. The molecule has 0 saturated heterocycles. The lowest BCUT2D eigenvalue weighted by molar-refractivity contribution is -0.141. The van der Waals surface area contributed by atoms with Crippen molar-refractivity contribution in [2.75, 3.05) is 13.2 Å². The number of carbonyl (C=O) groups excluding carboxylic acids is 1. The molecule has 7 heteroatoms. The van der Waals surface area contributed by atoms with Gasteiger partial charge in [0, 0.05) is 19.3 Å². The molecule has 0 saturated carbocycles. The molecule has 0 aliphatic heterocycles.